The highest BCUT2D eigenvalue weighted by Crippen LogP contribution is 2.49. The molecule has 0 spiro atoms. The standard InChI is InChI=1S/C43H77NO13Si/c1-19-31-43(10)37(57-58(16,17)18)25(3)33(56-43)24(2)22-41(8,48-14)36(55-40-35(47-13)30(44(11)12)20-21-50-40)26(4)34(27(5)39(46)53-31)54-32-23-42(9,49-15)38(28(6)51-32)52-29(7)45/h25-28,30-32,34-38,40H,19-23H2,1-18H3/b33-24-/t25-,26-,27+,28-,30-,31+,32?,34-,35+,36+,37-,38-,40-,41+,42+,43?/m0/s1. The van der Waals surface area contributed by atoms with Gasteiger partial charge in [-0.3, -0.25) is 9.59 Å². The van der Waals surface area contributed by atoms with E-state index in [1.165, 1.54) is 6.92 Å². The molecule has 3 saturated heterocycles. The number of cyclic esters (lactones) is 1. The van der Waals surface area contributed by atoms with Crippen LogP contribution < -0.4 is 0 Å². The van der Waals surface area contributed by atoms with Crippen LogP contribution in [0.25, 0.3) is 0 Å². The molecule has 3 fully saturated rings. The Kier molecular flexibility index (Phi) is 16.2. The number of carbonyl (C=O) groups is 2. The molecule has 0 radical (unpaired) electrons. The Morgan fingerprint density at radius 2 is 1.55 bits per heavy atom. The van der Waals surface area contributed by atoms with E-state index in [4.69, 9.17) is 51.8 Å². The van der Waals surface area contributed by atoms with Gasteiger partial charge in [-0.05, 0) is 93.7 Å². The molecule has 0 aromatic rings. The molecule has 0 N–H and O–H groups in total. The number of rotatable bonds is 12. The van der Waals surface area contributed by atoms with Gasteiger partial charge in [0.15, 0.2) is 32.6 Å². The molecule has 0 aliphatic carbocycles. The third-order valence-corrected chi connectivity index (χ3v) is 14.0. The molecule has 0 aromatic carbocycles. The van der Waals surface area contributed by atoms with Crippen LogP contribution in [0.5, 0.6) is 0 Å². The molecule has 58 heavy (non-hydrogen) atoms. The van der Waals surface area contributed by atoms with Crippen LogP contribution in [0.4, 0.5) is 0 Å². The highest BCUT2D eigenvalue weighted by atomic mass is 28.4. The van der Waals surface area contributed by atoms with E-state index < -0.39 is 98.1 Å². The molecular formula is C43H77NO13Si. The van der Waals surface area contributed by atoms with E-state index in [1.807, 2.05) is 62.6 Å². The van der Waals surface area contributed by atoms with Crippen LogP contribution in [0.1, 0.15) is 94.9 Å². The summed E-state index contributed by atoms with van der Waals surface area (Å²) in [4.78, 5) is 29.0. The van der Waals surface area contributed by atoms with Crippen molar-refractivity contribution in [3.8, 4) is 0 Å². The zero-order chi connectivity index (χ0) is 43.7. The van der Waals surface area contributed by atoms with Crippen LogP contribution in [0.2, 0.25) is 19.6 Å². The fourth-order valence-corrected chi connectivity index (χ4v) is 11.1. The summed E-state index contributed by atoms with van der Waals surface area (Å²) in [5.74, 6) is -1.57. The van der Waals surface area contributed by atoms with Gasteiger partial charge in [0.2, 0.25) is 0 Å². The van der Waals surface area contributed by atoms with Crippen LogP contribution in [0.3, 0.4) is 0 Å². The molecule has 2 unspecified atom stereocenters. The summed E-state index contributed by atoms with van der Waals surface area (Å²) in [7, 11) is 6.87. The molecule has 4 aliphatic rings. The first kappa shape index (κ1) is 49.0. The highest BCUT2D eigenvalue weighted by molar-refractivity contribution is 6.69. The molecule has 0 aromatic heterocycles. The number of methoxy groups -OCH3 is 3. The number of nitrogens with zero attached hydrogens (tertiary/aromatic N) is 1. The van der Waals surface area contributed by atoms with Gasteiger partial charge in [0.05, 0.1) is 42.5 Å². The van der Waals surface area contributed by atoms with Crippen LogP contribution in [-0.4, -0.2) is 145 Å². The molecule has 16 atom stereocenters. The lowest BCUT2D eigenvalue weighted by Gasteiger charge is -2.49. The van der Waals surface area contributed by atoms with Gasteiger partial charge in [-0.2, -0.15) is 0 Å². The molecule has 4 aliphatic heterocycles. The number of fused-ring (bicyclic) bond motifs is 2. The van der Waals surface area contributed by atoms with E-state index in [-0.39, 0.29) is 24.5 Å². The van der Waals surface area contributed by atoms with Crippen molar-refractivity contribution in [1.29, 1.82) is 0 Å². The second kappa shape index (κ2) is 19.2. The topological polar surface area (TPSA) is 139 Å². The van der Waals surface area contributed by atoms with E-state index >= 15 is 0 Å². The van der Waals surface area contributed by atoms with Crippen molar-refractivity contribution in [2.75, 3.05) is 42.0 Å². The monoisotopic (exact) mass is 844 g/mol. The van der Waals surface area contributed by atoms with Crippen LogP contribution in [0.15, 0.2) is 11.3 Å². The average Bonchev–Trinajstić information content (AvgIpc) is 3.40. The van der Waals surface area contributed by atoms with E-state index in [9.17, 15) is 9.59 Å². The van der Waals surface area contributed by atoms with Crippen molar-refractivity contribution in [1.82, 2.24) is 4.90 Å². The Hall–Kier alpha value is -1.66. The van der Waals surface area contributed by atoms with E-state index in [1.54, 1.807) is 21.3 Å². The lowest BCUT2D eigenvalue weighted by atomic mass is 9.77. The van der Waals surface area contributed by atoms with Crippen molar-refractivity contribution in [3.05, 3.63) is 11.3 Å². The molecule has 0 saturated carbocycles. The summed E-state index contributed by atoms with van der Waals surface area (Å²) >= 11 is 0. The summed E-state index contributed by atoms with van der Waals surface area (Å²) < 4.78 is 71.9. The third kappa shape index (κ3) is 10.3. The molecule has 4 heterocycles. The molecular weight excluding hydrogens is 767 g/mol. The SMILES string of the molecule is CC[C@H]1OC(=O)[C@H](C)[C@@H](OC2C[C@@](C)(OC)[C@@H](OC(C)=O)[C@H](C)O2)[C@H](C)[C@@H](O[C@@H]2OCC[C@H](N(C)C)[C@H]2OC)[C@](C)(OC)C/C(C)=C2\OC1(C)[C@@H](O[Si](C)(C)C)[C@H]2C. The third-order valence-electron chi connectivity index (χ3n) is 13.1. The molecule has 14 nitrogen and oxygen atoms in total. The maximum Gasteiger partial charge on any atom is 0.311 e. The Balaban J connectivity index is 1.91. The van der Waals surface area contributed by atoms with E-state index in [0.717, 1.165) is 17.8 Å². The van der Waals surface area contributed by atoms with Gasteiger partial charge in [0, 0.05) is 59.0 Å². The van der Waals surface area contributed by atoms with Crippen LogP contribution >= 0.6 is 0 Å². The first-order valence-corrected chi connectivity index (χ1v) is 24.6. The minimum atomic E-state index is -2.12. The lowest BCUT2D eigenvalue weighted by Crippen LogP contribution is -2.61. The van der Waals surface area contributed by atoms with Crippen molar-refractivity contribution < 1.29 is 61.4 Å². The maximum absolute atomic E-state index is 14.8. The summed E-state index contributed by atoms with van der Waals surface area (Å²) in [5, 5.41) is 0. The lowest BCUT2D eigenvalue weighted by molar-refractivity contribution is -0.315. The van der Waals surface area contributed by atoms with Crippen molar-refractivity contribution in [3.63, 3.8) is 0 Å². The van der Waals surface area contributed by atoms with Gasteiger partial charge >= 0.3 is 11.9 Å². The number of likely N-dealkylation sites (N-methyl/N-ethyl adjacent to an activating group) is 1. The number of carbonyl (C=O) groups excluding carboxylic acids is 2. The Bertz CT molecular complexity index is 1440. The van der Waals surface area contributed by atoms with E-state index in [0.29, 0.717) is 19.4 Å². The smallest absolute Gasteiger partial charge is 0.311 e. The molecule has 4 rings (SSSR count). The van der Waals surface area contributed by atoms with Crippen molar-refractivity contribution in [2.45, 2.75) is 193 Å². The quantitative estimate of drug-likeness (QED) is 0.162. The van der Waals surface area contributed by atoms with Gasteiger partial charge < -0.3 is 56.7 Å². The molecule has 336 valence electrons. The summed E-state index contributed by atoms with van der Waals surface area (Å²) in [6.45, 7) is 26.1. The number of hydrogen-bond donors (Lipinski definition) is 0. The highest BCUT2D eigenvalue weighted by Gasteiger charge is 2.59. The molecule has 0 amide bonds. The van der Waals surface area contributed by atoms with Gasteiger partial charge in [0.1, 0.15) is 23.6 Å². The van der Waals surface area contributed by atoms with Crippen molar-refractivity contribution in [2.24, 2.45) is 17.8 Å². The van der Waals surface area contributed by atoms with Gasteiger partial charge in [-0.15, -0.1) is 0 Å². The average molecular weight is 844 g/mol. The second-order valence-corrected chi connectivity index (χ2v) is 23.4. The van der Waals surface area contributed by atoms with Gasteiger partial charge in [0.25, 0.3) is 0 Å². The number of ether oxygens (including phenoxy) is 10. The second-order valence-electron chi connectivity index (χ2n) is 19.0. The van der Waals surface area contributed by atoms with Crippen LogP contribution in [-0.2, 0) is 61.4 Å². The Morgan fingerprint density at radius 3 is 2.09 bits per heavy atom. The fourth-order valence-electron chi connectivity index (χ4n) is 9.91. The first-order chi connectivity index (χ1) is 26.9. The Labute approximate surface area is 349 Å². The van der Waals surface area contributed by atoms with Crippen molar-refractivity contribution >= 4 is 20.3 Å². The zero-order valence-corrected chi connectivity index (χ0v) is 39.8. The minimum Gasteiger partial charge on any atom is -0.485 e. The van der Waals surface area contributed by atoms with Gasteiger partial charge in [-0.25, -0.2) is 0 Å². The fraction of sp³-hybridized carbons (Fsp3) is 0.907. The number of esters is 2. The maximum atomic E-state index is 14.8. The zero-order valence-electron chi connectivity index (χ0n) is 38.8. The summed E-state index contributed by atoms with van der Waals surface area (Å²) in [6, 6.07) is 0.0288. The predicted octanol–water partition coefficient (Wildman–Crippen LogP) is 6.24. The summed E-state index contributed by atoms with van der Waals surface area (Å²) in [6.07, 6.45) is -4.00. The van der Waals surface area contributed by atoms with Crippen LogP contribution in [0, 0.1) is 17.8 Å². The minimum absolute atomic E-state index is 0.0288. The van der Waals surface area contributed by atoms with E-state index in [2.05, 4.69) is 38.4 Å². The molecule has 2 bridgehead atoms. The van der Waals surface area contributed by atoms with Gasteiger partial charge in [-0.1, -0.05) is 20.8 Å². The molecule has 15 heteroatoms. The largest absolute Gasteiger partial charge is 0.485 e. The normalized spacial score (nSPS) is 44.5. The summed E-state index contributed by atoms with van der Waals surface area (Å²) in [5.41, 5.74) is -1.96. The first-order valence-electron chi connectivity index (χ1n) is 21.2. The predicted molar refractivity (Wildman–Crippen MR) is 220 cm³/mol. The Morgan fingerprint density at radius 1 is 0.914 bits per heavy atom. The number of hydrogen-bond acceptors (Lipinski definition) is 14.